The predicted octanol–water partition coefficient (Wildman–Crippen LogP) is 3.50. The zero-order valence-electron chi connectivity index (χ0n) is 17.0. The van der Waals surface area contributed by atoms with E-state index in [1.807, 2.05) is 70.3 Å². The maximum Gasteiger partial charge on any atom is 0.250 e. The van der Waals surface area contributed by atoms with Crippen molar-refractivity contribution in [1.82, 2.24) is 14.4 Å². The number of amides is 1. The summed E-state index contributed by atoms with van der Waals surface area (Å²) in [6.07, 6.45) is 1.84. The van der Waals surface area contributed by atoms with E-state index in [0.717, 1.165) is 18.7 Å². The van der Waals surface area contributed by atoms with Gasteiger partial charge in [-0.1, -0.05) is 60.7 Å². The van der Waals surface area contributed by atoms with Crippen molar-refractivity contribution in [1.29, 1.82) is 0 Å². The number of aromatic nitrogens is 1. The third-order valence-electron chi connectivity index (χ3n) is 5.49. The van der Waals surface area contributed by atoms with Gasteiger partial charge in [0.15, 0.2) is 0 Å². The smallest absolute Gasteiger partial charge is 0.250 e. The molecule has 1 amide bonds. The quantitative estimate of drug-likeness (QED) is 0.590. The lowest BCUT2D eigenvalue weighted by Gasteiger charge is -2.35. The molecule has 1 saturated heterocycles. The highest BCUT2D eigenvalue weighted by Gasteiger charge is 2.31. The van der Waals surface area contributed by atoms with Crippen molar-refractivity contribution >= 4 is 24.1 Å². The zero-order chi connectivity index (χ0) is 20.2. The molecule has 3 aromatic rings. The molecule has 0 saturated carbocycles. The van der Waals surface area contributed by atoms with Crippen LogP contribution in [0.1, 0.15) is 27.7 Å². The molecule has 2 aromatic carbocycles. The summed E-state index contributed by atoms with van der Waals surface area (Å²) in [5.41, 5.74) is 2.02. The molecule has 1 aliphatic heterocycles. The van der Waals surface area contributed by atoms with Crippen LogP contribution in [-0.2, 0) is 4.79 Å². The van der Waals surface area contributed by atoms with Gasteiger partial charge in [0.2, 0.25) is 11.7 Å². The van der Waals surface area contributed by atoms with Crippen LogP contribution in [0.3, 0.4) is 0 Å². The summed E-state index contributed by atoms with van der Waals surface area (Å²) in [5, 5.41) is 0. The minimum Gasteiger partial charge on any atom is -0.338 e. The molecule has 0 aliphatic carbocycles. The first kappa shape index (κ1) is 21.8. The van der Waals surface area contributed by atoms with Gasteiger partial charge in [-0.25, -0.2) is 0 Å². The summed E-state index contributed by atoms with van der Waals surface area (Å²) in [6.45, 7) is 3.10. The molecule has 0 spiro atoms. The van der Waals surface area contributed by atoms with Gasteiger partial charge in [-0.3, -0.25) is 9.59 Å². The fraction of sp³-hybridized carbons (Fsp3) is 0.250. The third kappa shape index (κ3) is 4.48. The SMILES string of the molecule is CN1CCN(C(=O)C(c2ccccc2)n2cccc2C(=O)c2ccccc2)CC1.Cl. The second kappa shape index (κ2) is 9.74. The maximum absolute atomic E-state index is 13.6. The van der Waals surface area contributed by atoms with Crippen LogP contribution in [0.5, 0.6) is 0 Å². The predicted molar refractivity (Wildman–Crippen MR) is 120 cm³/mol. The Morgan fingerprint density at radius 1 is 0.800 bits per heavy atom. The van der Waals surface area contributed by atoms with Gasteiger partial charge in [0.1, 0.15) is 6.04 Å². The van der Waals surface area contributed by atoms with Gasteiger partial charge < -0.3 is 14.4 Å². The van der Waals surface area contributed by atoms with Gasteiger partial charge in [0.25, 0.3) is 0 Å². The van der Waals surface area contributed by atoms with E-state index in [4.69, 9.17) is 0 Å². The summed E-state index contributed by atoms with van der Waals surface area (Å²) in [6, 6.07) is 22.0. The van der Waals surface area contributed by atoms with Crippen molar-refractivity contribution < 1.29 is 9.59 Å². The number of likely N-dealkylation sites (N-methyl/N-ethyl adjacent to an activating group) is 1. The molecule has 1 atom stereocenters. The van der Waals surface area contributed by atoms with Crippen LogP contribution in [0.2, 0.25) is 0 Å². The van der Waals surface area contributed by atoms with E-state index < -0.39 is 6.04 Å². The molecule has 2 heterocycles. The van der Waals surface area contributed by atoms with Crippen molar-refractivity contribution in [3.63, 3.8) is 0 Å². The molecule has 0 bridgehead atoms. The summed E-state index contributed by atoms with van der Waals surface area (Å²) in [4.78, 5) is 30.9. The van der Waals surface area contributed by atoms with Crippen LogP contribution in [-0.4, -0.2) is 59.3 Å². The number of benzene rings is 2. The Labute approximate surface area is 183 Å². The minimum absolute atomic E-state index is 0. The van der Waals surface area contributed by atoms with E-state index in [9.17, 15) is 9.59 Å². The van der Waals surface area contributed by atoms with E-state index in [0.29, 0.717) is 24.3 Å². The van der Waals surface area contributed by atoms with Crippen LogP contribution in [0.15, 0.2) is 79.0 Å². The molecule has 156 valence electrons. The first-order valence-corrected chi connectivity index (χ1v) is 9.94. The van der Waals surface area contributed by atoms with Crippen molar-refractivity contribution in [3.8, 4) is 0 Å². The fourth-order valence-corrected chi connectivity index (χ4v) is 3.81. The number of carbonyl (C=O) groups is 2. The average Bonchev–Trinajstić information content (AvgIpc) is 3.24. The molecule has 1 aromatic heterocycles. The van der Waals surface area contributed by atoms with E-state index in [1.54, 1.807) is 18.2 Å². The largest absolute Gasteiger partial charge is 0.338 e. The van der Waals surface area contributed by atoms with Crippen LogP contribution >= 0.6 is 12.4 Å². The summed E-state index contributed by atoms with van der Waals surface area (Å²) in [7, 11) is 2.07. The molecule has 0 N–H and O–H groups in total. The lowest BCUT2D eigenvalue weighted by Crippen LogP contribution is -2.49. The Balaban J connectivity index is 0.00000256. The summed E-state index contributed by atoms with van der Waals surface area (Å²) in [5.74, 6) is -0.0506. The summed E-state index contributed by atoms with van der Waals surface area (Å²) >= 11 is 0. The number of rotatable bonds is 5. The van der Waals surface area contributed by atoms with E-state index >= 15 is 0 Å². The molecular weight excluding hydrogens is 398 g/mol. The number of hydrogen-bond acceptors (Lipinski definition) is 3. The molecule has 1 unspecified atom stereocenters. The number of carbonyl (C=O) groups excluding carboxylic acids is 2. The first-order valence-electron chi connectivity index (χ1n) is 9.94. The van der Waals surface area contributed by atoms with Gasteiger partial charge in [-0.05, 0) is 24.7 Å². The lowest BCUT2D eigenvalue weighted by molar-refractivity contribution is -0.135. The molecule has 30 heavy (non-hydrogen) atoms. The molecular formula is C24H26ClN3O2. The molecule has 5 nitrogen and oxygen atoms in total. The third-order valence-corrected chi connectivity index (χ3v) is 5.49. The molecule has 0 radical (unpaired) electrons. The van der Waals surface area contributed by atoms with Crippen LogP contribution in [0.4, 0.5) is 0 Å². The Kier molecular flexibility index (Phi) is 7.08. The highest BCUT2D eigenvalue weighted by Crippen LogP contribution is 2.25. The Bertz CT molecular complexity index is 980. The minimum atomic E-state index is -0.558. The van der Waals surface area contributed by atoms with Crippen molar-refractivity contribution in [2.24, 2.45) is 0 Å². The monoisotopic (exact) mass is 423 g/mol. The number of nitrogens with zero attached hydrogens (tertiary/aromatic N) is 3. The highest BCUT2D eigenvalue weighted by molar-refractivity contribution is 6.08. The second-order valence-electron chi connectivity index (χ2n) is 7.44. The Morgan fingerprint density at radius 2 is 1.40 bits per heavy atom. The van der Waals surface area contributed by atoms with Crippen molar-refractivity contribution in [2.75, 3.05) is 33.2 Å². The van der Waals surface area contributed by atoms with Crippen LogP contribution in [0, 0.1) is 0 Å². The summed E-state index contributed by atoms with van der Waals surface area (Å²) < 4.78 is 1.82. The molecule has 6 heteroatoms. The number of hydrogen-bond donors (Lipinski definition) is 0. The van der Waals surface area contributed by atoms with Crippen molar-refractivity contribution in [3.05, 3.63) is 95.8 Å². The van der Waals surface area contributed by atoms with Gasteiger partial charge in [0.05, 0.1) is 5.69 Å². The van der Waals surface area contributed by atoms with Gasteiger partial charge in [-0.2, -0.15) is 0 Å². The fourth-order valence-electron chi connectivity index (χ4n) is 3.81. The van der Waals surface area contributed by atoms with Gasteiger partial charge >= 0.3 is 0 Å². The van der Waals surface area contributed by atoms with Crippen LogP contribution in [0.25, 0.3) is 0 Å². The normalized spacial score (nSPS) is 15.3. The maximum atomic E-state index is 13.6. The van der Waals surface area contributed by atoms with E-state index in [1.165, 1.54) is 0 Å². The molecule has 4 rings (SSSR count). The highest BCUT2D eigenvalue weighted by atomic mass is 35.5. The first-order chi connectivity index (χ1) is 14.1. The lowest BCUT2D eigenvalue weighted by atomic mass is 10.0. The number of ketones is 1. The Morgan fingerprint density at radius 3 is 2.03 bits per heavy atom. The van der Waals surface area contributed by atoms with E-state index in [2.05, 4.69) is 11.9 Å². The molecule has 1 fully saturated rings. The number of halogens is 1. The molecule has 1 aliphatic rings. The van der Waals surface area contributed by atoms with Crippen LogP contribution < -0.4 is 0 Å². The standard InChI is InChI=1S/C24H25N3O2.ClH/c1-25-15-17-26(18-16-25)24(29)22(19-9-4-2-5-10-19)27-14-8-13-21(27)23(28)20-11-6-3-7-12-20;/h2-14,22H,15-18H2,1H3;1H. The number of piperazine rings is 1. The van der Waals surface area contributed by atoms with Gasteiger partial charge in [0, 0.05) is 37.9 Å². The van der Waals surface area contributed by atoms with Crippen molar-refractivity contribution in [2.45, 2.75) is 6.04 Å². The van der Waals surface area contributed by atoms with E-state index in [-0.39, 0.29) is 24.1 Å². The Hall–Kier alpha value is -2.89. The average molecular weight is 424 g/mol. The second-order valence-corrected chi connectivity index (χ2v) is 7.44. The topological polar surface area (TPSA) is 45.5 Å². The zero-order valence-corrected chi connectivity index (χ0v) is 17.8. The van der Waals surface area contributed by atoms with Gasteiger partial charge in [-0.15, -0.1) is 12.4 Å².